The summed E-state index contributed by atoms with van der Waals surface area (Å²) in [5.74, 6) is -1.37. The molecule has 2 aromatic rings. The van der Waals surface area contributed by atoms with E-state index in [0.29, 0.717) is 11.9 Å². The van der Waals surface area contributed by atoms with Gasteiger partial charge in [-0.1, -0.05) is 38.3 Å². The van der Waals surface area contributed by atoms with Crippen molar-refractivity contribution < 1.29 is 31.1 Å². The second kappa shape index (κ2) is 9.99. The molecule has 0 radical (unpaired) electrons. The van der Waals surface area contributed by atoms with E-state index in [1.807, 2.05) is 12.1 Å². The lowest BCUT2D eigenvalue weighted by atomic mass is 10.1. The van der Waals surface area contributed by atoms with Crippen molar-refractivity contribution >= 4 is 11.6 Å². The number of alkyl halides is 6. The summed E-state index contributed by atoms with van der Waals surface area (Å²) in [5, 5.41) is 0. The molecule has 1 aromatic carbocycles. The van der Waals surface area contributed by atoms with Crippen molar-refractivity contribution in [2.24, 2.45) is 0 Å². The number of unbranched alkanes of at least 4 members (excludes halogenated alkanes) is 3. The maximum Gasteiger partial charge on any atom is 0.423 e. The van der Waals surface area contributed by atoms with E-state index in [-0.39, 0.29) is 5.95 Å². The lowest BCUT2D eigenvalue weighted by Crippen LogP contribution is -2.23. The molecule has 0 unspecified atom stereocenters. The zero-order chi connectivity index (χ0) is 22.4. The summed E-state index contributed by atoms with van der Waals surface area (Å²) in [5.41, 5.74) is 0.175. The summed E-state index contributed by atoms with van der Waals surface area (Å²) in [6.45, 7) is 0.232. The highest BCUT2D eigenvalue weighted by Crippen LogP contribution is 2.36. The van der Waals surface area contributed by atoms with Gasteiger partial charge in [-0.05, 0) is 30.5 Å². The molecule has 0 saturated heterocycles. The zero-order valence-electron chi connectivity index (χ0n) is 16.6. The molecule has 30 heavy (non-hydrogen) atoms. The van der Waals surface area contributed by atoms with E-state index in [1.165, 1.54) is 11.9 Å². The van der Waals surface area contributed by atoms with Crippen molar-refractivity contribution in [3.8, 4) is 5.88 Å². The summed E-state index contributed by atoms with van der Waals surface area (Å²) in [4.78, 5) is 8.68. The van der Waals surface area contributed by atoms with E-state index in [4.69, 9.17) is 0 Å². The molecule has 0 bridgehead atoms. The molecular weight excluding hydrogens is 412 g/mol. The first-order chi connectivity index (χ1) is 14.0. The topological polar surface area (TPSA) is 38.2 Å². The van der Waals surface area contributed by atoms with Crippen molar-refractivity contribution in [2.45, 2.75) is 51.4 Å². The molecule has 0 aliphatic heterocycles. The fourth-order valence-corrected chi connectivity index (χ4v) is 2.77. The van der Waals surface area contributed by atoms with Gasteiger partial charge < -0.3 is 9.64 Å². The molecule has 0 amide bonds. The van der Waals surface area contributed by atoms with Gasteiger partial charge in [-0.3, -0.25) is 0 Å². The largest absolute Gasteiger partial charge is 0.467 e. The first-order valence-electron chi connectivity index (χ1n) is 9.47. The number of rotatable bonds is 9. The number of benzene rings is 1. The van der Waals surface area contributed by atoms with E-state index in [0.717, 1.165) is 37.7 Å². The molecule has 0 spiro atoms. The first-order valence-corrected chi connectivity index (χ1v) is 9.47. The maximum absolute atomic E-state index is 13.1. The lowest BCUT2D eigenvalue weighted by Gasteiger charge is -2.20. The van der Waals surface area contributed by atoms with Crippen LogP contribution in [0.3, 0.4) is 0 Å². The minimum Gasteiger partial charge on any atom is -0.467 e. The quantitative estimate of drug-likeness (QED) is 0.341. The highest BCUT2D eigenvalue weighted by atomic mass is 19.4. The Hall–Kier alpha value is -2.52. The molecule has 166 valence electrons. The van der Waals surface area contributed by atoms with Crippen molar-refractivity contribution in [3.05, 3.63) is 41.6 Å². The number of halogens is 6. The van der Waals surface area contributed by atoms with Crippen molar-refractivity contribution in [1.29, 1.82) is 0 Å². The van der Waals surface area contributed by atoms with Gasteiger partial charge in [0.15, 0.2) is 6.61 Å². The van der Waals surface area contributed by atoms with Gasteiger partial charge in [0.2, 0.25) is 11.8 Å². The maximum atomic E-state index is 13.1. The minimum atomic E-state index is -4.95. The van der Waals surface area contributed by atoms with Gasteiger partial charge >= 0.3 is 12.4 Å². The van der Waals surface area contributed by atoms with Gasteiger partial charge in [0.25, 0.3) is 0 Å². The Morgan fingerprint density at radius 1 is 1.03 bits per heavy atom. The molecule has 10 heteroatoms. The van der Waals surface area contributed by atoms with Crippen LogP contribution in [-0.4, -0.2) is 29.8 Å². The van der Waals surface area contributed by atoms with Gasteiger partial charge in [0.05, 0.1) is 0 Å². The molecule has 1 aromatic heterocycles. The third-order valence-electron chi connectivity index (χ3n) is 4.34. The molecule has 0 fully saturated rings. The SMILES string of the molecule is CCCCCCc1cccc(N(C)c2ncc(C(F)(F)F)c(OCC(F)(F)F)n2)c1. The fraction of sp³-hybridized carbons (Fsp3) is 0.500. The van der Waals surface area contributed by atoms with Crippen molar-refractivity contribution in [1.82, 2.24) is 9.97 Å². The Morgan fingerprint density at radius 2 is 1.77 bits per heavy atom. The van der Waals surface area contributed by atoms with Crippen LogP contribution in [0.2, 0.25) is 0 Å². The number of hydrogen-bond donors (Lipinski definition) is 0. The summed E-state index contributed by atoms with van der Waals surface area (Å²) in [6.07, 6.45) is -4.12. The molecule has 1 heterocycles. The summed E-state index contributed by atoms with van der Waals surface area (Å²) >= 11 is 0. The average molecular weight is 435 g/mol. The van der Waals surface area contributed by atoms with Crippen LogP contribution < -0.4 is 9.64 Å². The van der Waals surface area contributed by atoms with Gasteiger partial charge in [-0.15, -0.1) is 0 Å². The third kappa shape index (κ3) is 7.07. The normalized spacial score (nSPS) is 12.1. The smallest absolute Gasteiger partial charge is 0.423 e. The summed E-state index contributed by atoms with van der Waals surface area (Å²) < 4.78 is 80.9. The molecule has 4 nitrogen and oxygen atoms in total. The Bertz CT molecular complexity index is 823. The van der Waals surface area contributed by atoms with Crippen molar-refractivity contribution in [3.63, 3.8) is 0 Å². The van der Waals surface area contributed by atoms with E-state index < -0.39 is 30.4 Å². The van der Waals surface area contributed by atoms with Crippen LogP contribution in [-0.2, 0) is 12.6 Å². The number of ether oxygens (including phenoxy) is 1. The van der Waals surface area contributed by atoms with Crippen LogP contribution in [0.15, 0.2) is 30.5 Å². The monoisotopic (exact) mass is 435 g/mol. The second-order valence-electron chi connectivity index (χ2n) is 6.83. The van der Waals surface area contributed by atoms with E-state index in [1.54, 1.807) is 12.1 Å². The van der Waals surface area contributed by atoms with Gasteiger partial charge in [-0.25, -0.2) is 4.98 Å². The Labute approximate surface area is 170 Å². The molecule has 0 aliphatic rings. The van der Waals surface area contributed by atoms with E-state index >= 15 is 0 Å². The number of aromatic nitrogens is 2. The van der Waals surface area contributed by atoms with Gasteiger partial charge in [-0.2, -0.15) is 31.3 Å². The van der Waals surface area contributed by atoms with Crippen LogP contribution in [0, 0.1) is 0 Å². The highest BCUT2D eigenvalue weighted by Gasteiger charge is 2.38. The molecule has 0 saturated carbocycles. The Morgan fingerprint density at radius 3 is 2.40 bits per heavy atom. The number of nitrogens with zero attached hydrogens (tertiary/aromatic N) is 3. The third-order valence-corrected chi connectivity index (χ3v) is 4.34. The van der Waals surface area contributed by atoms with Crippen LogP contribution in [0.5, 0.6) is 5.88 Å². The highest BCUT2D eigenvalue weighted by molar-refractivity contribution is 5.58. The lowest BCUT2D eigenvalue weighted by molar-refractivity contribution is -0.159. The molecule has 0 N–H and O–H groups in total. The summed E-state index contributed by atoms with van der Waals surface area (Å²) in [7, 11) is 1.52. The number of anilines is 2. The Balaban J connectivity index is 2.25. The molecule has 2 rings (SSSR count). The van der Waals surface area contributed by atoms with Crippen LogP contribution in [0.4, 0.5) is 38.0 Å². The van der Waals surface area contributed by atoms with Crippen LogP contribution in [0.1, 0.15) is 43.7 Å². The fourth-order valence-electron chi connectivity index (χ4n) is 2.77. The second-order valence-corrected chi connectivity index (χ2v) is 6.83. The van der Waals surface area contributed by atoms with Crippen LogP contribution >= 0.6 is 0 Å². The zero-order valence-corrected chi connectivity index (χ0v) is 16.6. The minimum absolute atomic E-state index is 0.205. The molecule has 0 aliphatic carbocycles. The average Bonchev–Trinajstić information content (AvgIpc) is 2.68. The number of hydrogen-bond acceptors (Lipinski definition) is 4. The molecule has 0 atom stereocenters. The predicted molar refractivity (Wildman–Crippen MR) is 101 cm³/mol. The molecular formula is C20H23F6N3O. The summed E-state index contributed by atoms with van der Waals surface area (Å²) in [6, 6.07) is 7.30. The predicted octanol–water partition coefficient (Wildman–Crippen LogP) is 6.33. The van der Waals surface area contributed by atoms with Crippen LogP contribution in [0.25, 0.3) is 0 Å². The van der Waals surface area contributed by atoms with E-state index in [2.05, 4.69) is 21.6 Å². The Kier molecular flexibility index (Phi) is 7.91. The first kappa shape index (κ1) is 23.8. The van der Waals surface area contributed by atoms with Gasteiger partial charge in [0.1, 0.15) is 5.56 Å². The van der Waals surface area contributed by atoms with Gasteiger partial charge in [0, 0.05) is 18.9 Å². The number of aryl methyl sites for hydroxylation is 1. The van der Waals surface area contributed by atoms with E-state index in [9.17, 15) is 26.3 Å². The standard InChI is InChI=1S/C20H23F6N3O/c1-3-4-5-6-8-14-9-7-10-15(11-14)29(2)18-27-12-16(20(24,25)26)17(28-18)30-13-19(21,22)23/h7,9-12H,3-6,8,13H2,1-2H3. The van der Waals surface area contributed by atoms with Crippen molar-refractivity contribution in [2.75, 3.05) is 18.6 Å².